The van der Waals surface area contributed by atoms with Gasteiger partial charge >= 0.3 is 0 Å². The molecule has 0 aliphatic rings. The highest BCUT2D eigenvalue weighted by molar-refractivity contribution is 6.30. The number of anilines is 1. The van der Waals surface area contributed by atoms with Crippen LogP contribution in [0.25, 0.3) is 11.4 Å². The van der Waals surface area contributed by atoms with Crippen molar-refractivity contribution in [3.63, 3.8) is 0 Å². The second kappa shape index (κ2) is 7.18. The fraction of sp³-hybridized carbons (Fsp3) is 0.125. The average Bonchev–Trinajstić information content (AvgIpc) is 3.04. The number of hydrogen-bond donors (Lipinski definition) is 1. The van der Waals surface area contributed by atoms with Gasteiger partial charge in [-0.15, -0.1) is 10.2 Å². The van der Waals surface area contributed by atoms with Gasteiger partial charge in [-0.3, -0.25) is 4.79 Å². The lowest BCUT2D eigenvalue weighted by Gasteiger charge is -2.05. The predicted molar refractivity (Wildman–Crippen MR) is 87.9 cm³/mol. The van der Waals surface area contributed by atoms with Crippen LogP contribution in [0.1, 0.15) is 6.42 Å². The third-order valence-electron chi connectivity index (χ3n) is 3.22. The molecule has 0 aliphatic carbocycles. The summed E-state index contributed by atoms with van der Waals surface area (Å²) in [5.74, 6) is -0.387. The molecule has 6 nitrogen and oxygen atoms in total. The molecule has 1 N–H and O–H groups in total. The van der Waals surface area contributed by atoms with Crippen LogP contribution in [0.4, 0.5) is 10.1 Å². The Balaban J connectivity index is 1.59. The van der Waals surface area contributed by atoms with E-state index in [1.54, 1.807) is 30.3 Å². The fourth-order valence-corrected chi connectivity index (χ4v) is 2.25. The lowest BCUT2D eigenvalue weighted by molar-refractivity contribution is -0.116. The van der Waals surface area contributed by atoms with Gasteiger partial charge in [-0.05, 0) is 29.5 Å². The molecule has 1 heterocycles. The third-order valence-corrected chi connectivity index (χ3v) is 3.46. The normalized spacial score (nSPS) is 10.6. The Bertz CT molecular complexity index is 867. The Morgan fingerprint density at radius 3 is 2.83 bits per heavy atom. The van der Waals surface area contributed by atoms with E-state index in [0.717, 1.165) is 5.56 Å². The third kappa shape index (κ3) is 3.94. The second-order valence-electron chi connectivity index (χ2n) is 5.00. The highest BCUT2D eigenvalue weighted by Gasteiger charge is 2.09. The molecule has 0 saturated heterocycles. The number of nitrogens with one attached hydrogen (secondary N) is 1. The van der Waals surface area contributed by atoms with Gasteiger partial charge in [0.2, 0.25) is 11.7 Å². The molecule has 122 valence electrons. The number of halogens is 2. The fourth-order valence-electron chi connectivity index (χ4n) is 2.06. The van der Waals surface area contributed by atoms with Crippen LogP contribution in [-0.2, 0) is 11.3 Å². The maximum absolute atomic E-state index is 13.5. The zero-order valence-corrected chi connectivity index (χ0v) is 13.2. The molecule has 0 spiro atoms. The molecule has 3 aromatic rings. The maximum atomic E-state index is 13.5. The van der Waals surface area contributed by atoms with Crippen LogP contribution in [0.3, 0.4) is 0 Å². The van der Waals surface area contributed by atoms with E-state index in [9.17, 15) is 9.18 Å². The molecular weight excluding hydrogens is 333 g/mol. The van der Waals surface area contributed by atoms with Crippen LogP contribution in [0.5, 0.6) is 0 Å². The minimum Gasteiger partial charge on any atom is -0.324 e. The molecule has 1 amide bonds. The molecule has 0 saturated carbocycles. The Labute approximate surface area is 142 Å². The van der Waals surface area contributed by atoms with E-state index in [-0.39, 0.29) is 24.6 Å². The van der Waals surface area contributed by atoms with Gasteiger partial charge in [0.1, 0.15) is 5.82 Å². The number of carbonyl (C=O) groups is 1. The van der Waals surface area contributed by atoms with Crippen molar-refractivity contribution in [3.05, 3.63) is 59.4 Å². The van der Waals surface area contributed by atoms with Gasteiger partial charge in [-0.1, -0.05) is 35.9 Å². The summed E-state index contributed by atoms with van der Waals surface area (Å²) in [6, 6.07) is 13.1. The quantitative estimate of drug-likeness (QED) is 0.771. The molecule has 0 fully saturated rings. The first-order chi connectivity index (χ1) is 11.6. The van der Waals surface area contributed by atoms with Crippen molar-refractivity contribution in [2.75, 3.05) is 5.32 Å². The number of tetrazole rings is 1. The SMILES string of the molecule is O=C(CCn1nnc(-c2cccc(Cl)c2)n1)Nc1ccccc1F. The summed E-state index contributed by atoms with van der Waals surface area (Å²) in [5.41, 5.74) is 0.887. The van der Waals surface area contributed by atoms with Crippen LogP contribution >= 0.6 is 11.6 Å². The van der Waals surface area contributed by atoms with Crippen molar-refractivity contribution >= 4 is 23.2 Å². The molecule has 2 aromatic carbocycles. The van der Waals surface area contributed by atoms with Crippen molar-refractivity contribution in [1.82, 2.24) is 20.2 Å². The Kier molecular flexibility index (Phi) is 4.81. The minimum absolute atomic E-state index is 0.0969. The van der Waals surface area contributed by atoms with E-state index in [1.807, 2.05) is 6.07 Å². The minimum atomic E-state index is -0.479. The highest BCUT2D eigenvalue weighted by Crippen LogP contribution is 2.18. The molecule has 0 unspecified atom stereocenters. The molecule has 0 radical (unpaired) electrons. The van der Waals surface area contributed by atoms with Gasteiger partial charge < -0.3 is 5.32 Å². The number of benzene rings is 2. The van der Waals surface area contributed by atoms with Crippen LogP contribution in [0, 0.1) is 5.82 Å². The Hall–Kier alpha value is -2.80. The lowest BCUT2D eigenvalue weighted by atomic mass is 10.2. The molecule has 0 atom stereocenters. The number of hydrogen-bond acceptors (Lipinski definition) is 4. The number of amides is 1. The Morgan fingerprint density at radius 1 is 1.21 bits per heavy atom. The number of para-hydroxylation sites is 1. The van der Waals surface area contributed by atoms with E-state index in [4.69, 9.17) is 11.6 Å². The lowest BCUT2D eigenvalue weighted by Crippen LogP contribution is -2.16. The van der Waals surface area contributed by atoms with E-state index >= 15 is 0 Å². The van der Waals surface area contributed by atoms with E-state index in [2.05, 4.69) is 20.7 Å². The summed E-state index contributed by atoms with van der Waals surface area (Å²) in [4.78, 5) is 13.2. The standard InChI is InChI=1S/C16H13ClFN5O/c17-12-5-3-4-11(10-12)16-20-22-23(21-16)9-8-15(24)19-14-7-2-1-6-13(14)18/h1-7,10H,8-9H2,(H,19,24). The number of aryl methyl sites for hydroxylation is 1. The van der Waals surface area contributed by atoms with Gasteiger partial charge in [0.15, 0.2) is 0 Å². The van der Waals surface area contributed by atoms with E-state index < -0.39 is 5.82 Å². The van der Waals surface area contributed by atoms with Gasteiger partial charge in [0, 0.05) is 17.0 Å². The maximum Gasteiger partial charge on any atom is 0.226 e. The van der Waals surface area contributed by atoms with Crippen LogP contribution in [0.2, 0.25) is 5.02 Å². The number of aromatic nitrogens is 4. The van der Waals surface area contributed by atoms with Crippen molar-refractivity contribution in [1.29, 1.82) is 0 Å². The first kappa shape index (κ1) is 16.1. The molecule has 3 rings (SSSR count). The first-order valence-electron chi connectivity index (χ1n) is 7.20. The summed E-state index contributed by atoms with van der Waals surface area (Å²) in [6.07, 6.45) is 0.0969. The average molecular weight is 346 g/mol. The van der Waals surface area contributed by atoms with E-state index in [0.29, 0.717) is 10.8 Å². The molecular formula is C16H13ClFN5O. The van der Waals surface area contributed by atoms with Crippen LogP contribution in [-0.4, -0.2) is 26.1 Å². The van der Waals surface area contributed by atoms with Crippen LogP contribution < -0.4 is 5.32 Å². The number of carbonyl (C=O) groups excluding carboxylic acids is 1. The summed E-state index contributed by atoms with van der Waals surface area (Å²) >= 11 is 5.93. The topological polar surface area (TPSA) is 72.7 Å². The van der Waals surface area contributed by atoms with Gasteiger partial charge in [-0.2, -0.15) is 4.80 Å². The smallest absolute Gasteiger partial charge is 0.226 e. The highest BCUT2D eigenvalue weighted by atomic mass is 35.5. The van der Waals surface area contributed by atoms with Crippen molar-refractivity contribution < 1.29 is 9.18 Å². The summed E-state index contributed by atoms with van der Waals surface area (Å²) in [5, 5.41) is 15.1. The predicted octanol–water partition coefficient (Wildman–Crippen LogP) is 3.16. The van der Waals surface area contributed by atoms with Gasteiger partial charge in [-0.25, -0.2) is 4.39 Å². The largest absolute Gasteiger partial charge is 0.324 e. The zero-order valence-electron chi connectivity index (χ0n) is 12.5. The monoisotopic (exact) mass is 345 g/mol. The number of nitrogens with zero attached hydrogens (tertiary/aromatic N) is 4. The van der Waals surface area contributed by atoms with E-state index in [1.165, 1.54) is 16.9 Å². The summed E-state index contributed by atoms with van der Waals surface area (Å²) in [7, 11) is 0. The number of rotatable bonds is 5. The Morgan fingerprint density at radius 2 is 2.04 bits per heavy atom. The van der Waals surface area contributed by atoms with Crippen molar-refractivity contribution in [2.24, 2.45) is 0 Å². The van der Waals surface area contributed by atoms with Crippen molar-refractivity contribution in [2.45, 2.75) is 13.0 Å². The molecule has 0 aliphatic heterocycles. The van der Waals surface area contributed by atoms with Crippen molar-refractivity contribution in [3.8, 4) is 11.4 Å². The molecule has 0 bridgehead atoms. The summed E-state index contributed by atoms with van der Waals surface area (Å²) < 4.78 is 13.5. The van der Waals surface area contributed by atoms with Gasteiger partial charge in [0.25, 0.3) is 0 Å². The second-order valence-corrected chi connectivity index (χ2v) is 5.43. The van der Waals surface area contributed by atoms with Gasteiger partial charge in [0.05, 0.1) is 12.2 Å². The molecule has 1 aromatic heterocycles. The zero-order chi connectivity index (χ0) is 16.9. The van der Waals surface area contributed by atoms with Crippen LogP contribution in [0.15, 0.2) is 48.5 Å². The molecule has 24 heavy (non-hydrogen) atoms. The molecule has 8 heteroatoms. The summed E-state index contributed by atoms with van der Waals surface area (Å²) in [6.45, 7) is 0.230. The first-order valence-corrected chi connectivity index (χ1v) is 7.58.